The van der Waals surface area contributed by atoms with E-state index in [0.717, 1.165) is 23.6 Å². The zero-order valence-corrected chi connectivity index (χ0v) is 11.7. The zero-order chi connectivity index (χ0) is 13.0. The first-order valence-electron chi connectivity index (χ1n) is 6.07. The molecule has 2 aromatic heterocycles. The van der Waals surface area contributed by atoms with E-state index >= 15 is 0 Å². The van der Waals surface area contributed by atoms with E-state index in [2.05, 4.69) is 52.0 Å². The van der Waals surface area contributed by atoms with Crippen LogP contribution in [0.2, 0.25) is 0 Å². The van der Waals surface area contributed by atoms with Crippen molar-refractivity contribution in [3.63, 3.8) is 0 Å². The van der Waals surface area contributed by atoms with E-state index < -0.39 is 0 Å². The summed E-state index contributed by atoms with van der Waals surface area (Å²) in [6.07, 6.45) is 2.49. The lowest BCUT2D eigenvalue weighted by Crippen LogP contribution is -2.11. The van der Waals surface area contributed by atoms with Gasteiger partial charge < -0.3 is 10.6 Å². The number of hydrogen-bond acceptors (Lipinski definition) is 5. The van der Waals surface area contributed by atoms with Gasteiger partial charge >= 0.3 is 0 Å². The Kier molecular flexibility index (Phi) is 4.15. The lowest BCUT2D eigenvalue weighted by atomic mass is 10.2. The number of thiophene rings is 1. The fraction of sp³-hybridized carbons (Fsp3) is 0.385. The lowest BCUT2D eigenvalue weighted by Gasteiger charge is -2.17. The highest BCUT2D eigenvalue weighted by Gasteiger charge is 2.12. The molecule has 0 radical (unpaired) electrons. The highest BCUT2D eigenvalue weighted by Crippen LogP contribution is 2.26. The molecule has 2 heterocycles. The minimum Gasteiger partial charge on any atom is -0.373 e. The molecule has 0 saturated carbocycles. The Morgan fingerprint density at radius 2 is 2.11 bits per heavy atom. The van der Waals surface area contributed by atoms with Crippen LogP contribution in [0.5, 0.6) is 0 Å². The average molecular weight is 262 g/mol. The maximum atomic E-state index is 4.35. The Balaban J connectivity index is 2.23. The van der Waals surface area contributed by atoms with E-state index in [0.29, 0.717) is 0 Å². The quantitative estimate of drug-likeness (QED) is 0.868. The molecule has 0 amide bonds. The van der Waals surface area contributed by atoms with Gasteiger partial charge in [0, 0.05) is 17.5 Å². The van der Waals surface area contributed by atoms with Crippen LogP contribution in [-0.4, -0.2) is 17.0 Å². The molecule has 1 atom stereocenters. The molecule has 4 nitrogen and oxygen atoms in total. The monoisotopic (exact) mass is 262 g/mol. The largest absolute Gasteiger partial charge is 0.373 e. The normalized spacial score (nSPS) is 12.2. The first-order chi connectivity index (χ1) is 8.76. The highest BCUT2D eigenvalue weighted by atomic mass is 32.1. The molecule has 5 heteroatoms. The third-order valence-electron chi connectivity index (χ3n) is 2.86. The van der Waals surface area contributed by atoms with Crippen molar-refractivity contribution in [2.24, 2.45) is 0 Å². The Bertz CT molecular complexity index is 496. The van der Waals surface area contributed by atoms with E-state index in [-0.39, 0.29) is 6.04 Å². The van der Waals surface area contributed by atoms with Crippen LogP contribution in [0.25, 0.3) is 0 Å². The summed E-state index contributed by atoms with van der Waals surface area (Å²) >= 11 is 1.75. The Morgan fingerprint density at radius 3 is 2.72 bits per heavy atom. The molecule has 0 spiro atoms. The van der Waals surface area contributed by atoms with Crippen LogP contribution in [-0.2, 0) is 6.42 Å². The molecule has 0 bridgehead atoms. The van der Waals surface area contributed by atoms with Gasteiger partial charge in [-0.2, -0.15) is 0 Å². The van der Waals surface area contributed by atoms with E-state index in [1.165, 1.54) is 4.88 Å². The number of hydrogen-bond donors (Lipinski definition) is 2. The van der Waals surface area contributed by atoms with Crippen LogP contribution in [0.3, 0.4) is 0 Å². The molecule has 96 valence electrons. The summed E-state index contributed by atoms with van der Waals surface area (Å²) in [5.74, 6) is 1.81. The molecule has 0 saturated heterocycles. The number of anilines is 2. The van der Waals surface area contributed by atoms with Crippen LogP contribution in [0.4, 0.5) is 11.6 Å². The second kappa shape index (κ2) is 5.82. The summed E-state index contributed by atoms with van der Waals surface area (Å²) in [5, 5.41) is 8.65. The molecular weight excluding hydrogens is 244 g/mol. The number of nitrogens with zero attached hydrogens (tertiary/aromatic N) is 2. The van der Waals surface area contributed by atoms with Gasteiger partial charge in [0.15, 0.2) is 0 Å². The lowest BCUT2D eigenvalue weighted by molar-refractivity contribution is 0.882. The van der Waals surface area contributed by atoms with E-state index in [1.54, 1.807) is 17.7 Å². The van der Waals surface area contributed by atoms with Crippen LogP contribution < -0.4 is 10.6 Å². The van der Waals surface area contributed by atoms with Crippen LogP contribution in [0, 0.1) is 0 Å². The highest BCUT2D eigenvalue weighted by molar-refractivity contribution is 7.10. The molecule has 18 heavy (non-hydrogen) atoms. The maximum Gasteiger partial charge on any atom is 0.135 e. The third kappa shape index (κ3) is 2.61. The van der Waals surface area contributed by atoms with E-state index in [4.69, 9.17) is 0 Å². The molecule has 1 unspecified atom stereocenters. The first-order valence-corrected chi connectivity index (χ1v) is 6.95. The second-order valence-corrected chi connectivity index (χ2v) is 5.01. The van der Waals surface area contributed by atoms with Gasteiger partial charge in [-0.25, -0.2) is 9.97 Å². The molecule has 2 N–H and O–H groups in total. The average Bonchev–Trinajstić information content (AvgIpc) is 2.92. The molecule has 0 aliphatic heterocycles. The molecule has 0 aromatic carbocycles. The van der Waals surface area contributed by atoms with Crippen LogP contribution >= 0.6 is 11.3 Å². The Hall–Kier alpha value is -1.62. The number of aromatic nitrogens is 2. The fourth-order valence-corrected chi connectivity index (χ4v) is 2.64. The smallest absolute Gasteiger partial charge is 0.135 e. The summed E-state index contributed by atoms with van der Waals surface area (Å²) in [6, 6.07) is 4.46. The molecule has 0 aliphatic carbocycles. The molecular formula is C13H18N4S. The van der Waals surface area contributed by atoms with Gasteiger partial charge in [0.1, 0.15) is 18.0 Å². The van der Waals surface area contributed by atoms with Gasteiger partial charge in [0.05, 0.1) is 6.04 Å². The zero-order valence-electron chi connectivity index (χ0n) is 10.9. The predicted molar refractivity (Wildman–Crippen MR) is 77.3 cm³/mol. The van der Waals surface area contributed by atoms with Crippen molar-refractivity contribution in [1.82, 2.24) is 9.97 Å². The summed E-state index contributed by atoms with van der Waals surface area (Å²) in [5.41, 5.74) is 1.13. The maximum absolute atomic E-state index is 4.35. The van der Waals surface area contributed by atoms with Crippen LogP contribution in [0.1, 0.15) is 30.3 Å². The van der Waals surface area contributed by atoms with Crippen molar-refractivity contribution < 1.29 is 0 Å². The van der Waals surface area contributed by atoms with Crippen molar-refractivity contribution in [1.29, 1.82) is 0 Å². The van der Waals surface area contributed by atoms with Crippen molar-refractivity contribution in [3.05, 3.63) is 34.3 Å². The first kappa shape index (κ1) is 12.8. The van der Waals surface area contributed by atoms with Gasteiger partial charge in [0.25, 0.3) is 0 Å². The summed E-state index contributed by atoms with van der Waals surface area (Å²) < 4.78 is 0. The third-order valence-corrected chi connectivity index (χ3v) is 3.91. The van der Waals surface area contributed by atoms with Crippen molar-refractivity contribution >= 4 is 23.0 Å². The molecule has 2 rings (SSSR count). The molecule has 0 aliphatic rings. The standard InChI is InChI=1S/C13H18N4S/c1-4-10-12(14-3)15-8-16-13(10)17-9(2)11-6-5-7-18-11/h5-9H,4H2,1-3H3,(H2,14,15,16,17). The molecule has 0 fully saturated rings. The molecule has 2 aromatic rings. The Morgan fingerprint density at radius 1 is 1.33 bits per heavy atom. The minimum atomic E-state index is 0.259. The summed E-state index contributed by atoms with van der Waals surface area (Å²) in [4.78, 5) is 9.90. The van der Waals surface area contributed by atoms with Crippen molar-refractivity contribution in [3.8, 4) is 0 Å². The second-order valence-electron chi connectivity index (χ2n) is 4.03. The van der Waals surface area contributed by atoms with Gasteiger partial charge in [-0.3, -0.25) is 0 Å². The number of rotatable bonds is 5. The minimum absolute atomic E-state index is 0.259. The SMILES string of the molecule is CCc1c(NC)ncnc1NC(C)c1cccs1. The van der Waals surface area contributed by atoms with Gasteiger partial charge in [-0.15, -0.1) is 11.3 Å². The van der Waals surface area contributed by atoms with Gasteiger partial charge in [0.2, 0.25) is 0 Å². The topological polar surface area (TPSA) is 49.8 Å². The Labute approximate surface area is 111 Å². The van der Waals surface area contributed by atoms with E-state index in [1.807, 2.05) is 7.05 Å². The fourth-order valence-electron chi connectivity index (χ4n) is 1.90. The van der Waals surface area contributed by atoms with Gasteiger partial charge in [-0.1, -0.05) is 13.0 Å². The van der Waals surface area contributed by atoms with Gasteiger partial charge in [-0.05, 0) is 24.8 Å². The van der Waals surface area contributed by atoms with Crippen molar-refractivity contribution in [2.75, 3.05) is 17.7 Å². The summed E-state index contributed by atoms with van der Waals surface area (Å²) in [7, 11) is 1.88. The van der Waals surface area contributed by atoms with Crippen molar-refractivity contribution in [2.45, 2.75) is 26.3 Å². The van der Waals surface area contributed by atoms with E-state index in [9.17, 15) is 0 Å². The number of nitrogens with one attached hydrogen (secondary N) is 2. The predicted octanol–water partition coefficient (Wildman–Crippen LogP) is 3.32. The summed E-state index contributed by atoms with van der Waals surface area (Å²) in [6.45, 7) is 4.26. The van der Waals surface area contributed by atoms with Crippen LogP contribution in [0.15, 0.2) is 23.8 Å².